The summed E-state index contributed by atoms with van der Waals surface area (Å²) >= 11 is 0. The number of hydrogen-bond donors (Lipinski definition) is 1. The van der Waals surface area contributed by atoms with Crippen LogP contribution in [-0.2, 0) is 14.6 Å². The van der Waals surface area contributed by atoms with Gasteiger partial charge < -0.3 is 14.8 Å². The molecule has 208 valence electrons. The van der Waals surface area contributed by atoms with Crippen molar-refractivity contribution < 1.29 is 27.1 Å². The number of carbonyl (C=O) groups excluding carboxylic acids is 1. The Kier molecular flexibility index (Phi) is 8.81. The fraction of sp³-hybridized carbons (Fsp3) is 0.393. The van der Waals surface area contributed by atoms with Gasteiger partial charge in [0.05, 0.1) is 17.0 Å². The van der Waals surface area contributed by atoms with Gasteiger partial charge >= 0.3 is 0 Å². The minimum atomic E-state index is -3.54. The van der Waals surface area contributed by atoms with E-state index in [0.717, 1.165) is 18.0 Å². The van der Waals surface area contributed by atoms with Crippen LogP contribution in [0.1, 0.15) is 43.7 Å². The second-order valence-corrected chi connectivity index (χ2v) is 12.0. The second-order valence-electron chi connectivity index (χ2n) is 9.99. The number of benzene rings is 2. The Morgan fingerprint density at radius 2 is 1.77 bits per heavy atom. The Balaban J connectivity index is 1.30. The van der Waals surface area contributed by atoms with Crippen molar-refractivity contribution in [3.8, 4) is 17.5 Å². The number of nitrogens with one attached hydrogen (secondary N) is 1. The summed E-state index contributed by atoms with van der Waals surface area (Å²) in [6.07, 6.45) is 3.58. The molecule has 0 unspecified atom stereocenters. The molecule has 39 heavy (non-hydrogen) atoms. The van der Waals surface area contributed by atoms with Crippen molar-refractivity contribution >= 4 is 21.4 Å². The molecule has 1 amide bonds. The molecule has 0 bridgehead atoms. The van der Waals surface area contributed by atoms with Crippen LogP contribution < -0.4 is 14.8 Å². The number of likely N-dealkylation sites (tertiary alicyclic amines) is 1. The van der Waals surface area contributed by atoms with Gasteiger partial charge in [-0.15, -0.1) is 0 Å². The SMILES string of the molecule is Cc1c(Oc2ccc(S(C)(=O)=O)cc2F)ncnc1OC1CCN(CC(=O)Nc2ccc(C(C)C)cc2)CC1. The number of amides is 1. The molecule has 4 rings (SSSR count). The van der Waals surface area contributed by atoms with Crippen molar-refractivity contribution in [3.63, 3.8) is 0 Å². The molecule has 1 aliphatic rings. The molecule has 0 radical (unpaired) electrons. The summed E-state index contributed by atoms with van der Waals surface area (Å²) < 4.78 is 49.5. The lowest BCUT2D eigenvalue weighted by atomic mass is 10.0. The Labute approximate surface area is 228 Å². The second kappa shape index (κ2) is 12.1. The quantitative estimate of drug-likeness (QED) is 0.403. The summed E-state index contributed by atoms with van der Waals surface area (Å²) in [6, 6.07) is 11.3. The molecule has 9 nitrogen and oxygen atoms in total. The maximum absolute atomic E-state index is 14.5. The lowest BCUT2D eigenvalue weighted by Crippen LogP contribution is -2.42. The van der Waals surface area contributed by atoms with Crippen molar-refractivity contribution in [2.75, 3.05) is 31.2 Å². The third-order valence-corrected chi connectivity index (χ3v) is 7.68. The molecule has 2 heterocycles. The van der Waals surface area contributed by atoms with Crippen molar-refractivity contribution in [1.29, 1.82) is 0 Å². The highest BCUT2D eigenvalue weighted by Crippen LogP contribution is 2.31. The van der Waals surface area contributed by atoms with Gasteiger partial charge in [-0.3, -0.25) is 9.69 Å². The van der Waals surface area contributed by atoms with Crippen LogP contribution in [0.4, 0.5) is 10.1 Å². The molecule has 0 aliphatic carbocycles. The van der Waals surface area contributed by atoms with Crippen LogP contribution >= 0.6 is 0 Å². The van der Waals surface area contributed by atoms with Crippen LogP contribution in [-0.4, -0.2) is 61.2 Å². The Bertz CT molecular complexity index is 1420. The minimum absolute atomic E-state index is 0.0584. The third kappa shape index (κ3) is 7.51. The Morgan fingerprint density at radius 1 is 1.10 bits per heavy atom. The van der Waals surface area contributed by atoms with Gasteiger partial charge in [0.2, 0.25) is 17.7 Å². The fourth-order valence-corrected chi connectivity index (χ4v) is 4.87. The first-order valence-corrected chi connectivity index (χ1v) is 14.7. The van der Waals surface area contributed by atoms with Crippen LogP contribution in [0.2, 0.25) is 0 Å². The van der Waals surface area contributed by atoms with Gasteiger partial charge in [-0.1, -0.05) is 26.0 Å². The number of hydrogen-bond acceptors (Lipinski definition) is 8. The number of piperidine rings is 1. The normalized spacial score (nSPS) is 14.8. The highest BCUT2D eigenvalue weighted by molar-refractivity contribution is 7.90. The molecule has 1 saturated heterocycles. The Morgan fingerprint density at radius 3 is 2.38 bits per heavy atom. The molecular weight excluding hydrogens is 523 g/mol. The number of sulfone groups is 1. The van der Waals surface area contributed by atoms with E-state index in [4.69, 9.17) is 9.47 Å². The number of nitrogens with zero attached hydrogens (tertiary/aromatic N) is 3. The number of carbonyl (C=O) groups is 1. The molecule has 1 aromatic heterocycles. The molecule has 11 heteroatoms. The van der Waals surface area contributed by atoms with Crippen molar-refractivity contribution in [3.05, 3.63) is 65.7 Å². The third-order valence-electron chi connectivity index (χ3n) is 6.57. The van der Waals surface area contributed by atoms with Crippen LogP contribution in [0.15, 0.2) is 53.7 Å². The first-order valence-electron chi connectivity index (χ1n) is 12.8. The van der Waals surface area contributed by atoms with Crippen molar-refractivity contribution in [2.24, 2.45) is 0 Å². The average Bonchev–Trinajstić information content (AvgIpc) is 2.88. The number of aromatic nitrogens is 2. The molecule has 1 fully saturated rings. The standard InChI is InChI=1S/C28H33FN4O5S/c1-18(2)20-5-7-21(8-6-20)32-26(34)16-33-13-11-22(12-14-33)37-27-19(3)28(31-17-30-27)38-25-10-9-23(15-24(25)29)39(4,35)36/h5-10,15,17-18,22H,11-14,16H2,1-4H3,(H,32,34). The van der Waals surface area contributed by atoms with E-state index in [1.54, 1.807) is 6.92 Å². The van der Waals surface area contributed by atoms with Crippen LogP contribution in [0.5, 0.6) is 17.5 Å². The minimum Gasteiger partial charge on any atom is -0.474 e. The highest BCUT2D eigenvalue weighted by Gasteiger charge is 2.24. The van der Waals surface area contributed by atoms with Gasteiger partial charge in [0.15, 0.2) is 21.4 Å². The molecule has 2 aromatic carbocycles. The van der Waals surface area contributed by atoms with Crippen molar-refractivity contribution in [2.45, 2.75) is 50.5 Å². The van der Waals surface area contributed by atoms with E-state index in [2.05, 4.69) is 34.0 Å². The predicted octanol–water partition coefficient (Wildman–Crippen LogP) is 4.73. The first-order chi connectivity index (χ1) is 18.5. The van der Waals surface area contributed by atoms with E-state index in [1.165, 1.54) is 24.0 Å². The number of anilines is 1. The number of rotatable bonds is 9. The van der Waals surface area contributed by atoms with E-state index < -0.39 is 15.7 Å². The Hall–Kier alpha value is -3.57. The first kappa shape index (κ1) is 28.4. The van der Waals surface area contributed by atoms with Crippen molar-refractivity contribution in [1.82, 2.24) is 14.9 Å². The molecule has 0 spiro atoms. The van der Waals surface area contributed by atoms with Crippen LogP contribution in [0.25, 0.3) is 0 Å². The maximum Gasteiger partial charge on any atom is 0.238 e. The van der Waals surface area contributed by atoms with Gasteiger partial charge in [-0.05, 0) is 61.6 Å². The molecular formula is C28H33FN4O5S. The smallest absolute Gasteiger partial charge is 0.238 e. The van der Waals surface area contributed by atoms with E-state index in [0.29, 0.717) is 49.8 Å². The van der Waals surface area contributed by atoms with Gasteiger partial charge in [0, 0.05) is 25.0 Å². The zero-order valence-corrected chi connectivity index (χ0v) is 23.3. The van der Waals surface area contributed by atoms with Crippen LogP contribution in [0.3, 0.4) is 0 Å². The molecule has 1 N–H and O–H groups in total. The fourth-order valence-electron chi connectivity index (χ4n) is 4.24. The maximum atomic E-state index is 14.5. The lowest BCUT2D eigenvalue weighted by molar-refractivity contribution is -0.117. The lowest BCUT2D eigenvalue weighted by Gasteiger charge is -2.31. The number of halogens is 1. The summed E-state index contributed by atoms with van der Waals surface area (Å²) in [7, 11) is -3.54. The summed E-state index contributed by atoms with van der Waals surface area (Å²) in [5.74, 6) is -0.153. The van der Waals surface area contributed by atoms with E-state index in [-0.39, 0.29) is 28.5 Å². The van der Waals surface area contributed by atoms with Gasteiger partial charge in [-0.25, -0.2) is 22.8 Å². The summed E-state index contributed by atoms with van der Waals surface area (Å²) in [6.45, 7) is 7.65. The zero-order valence-electron chi connectivity index (χ0n) is 22.5. The highest BCUT2D eigenvalue weighted by atomic mass is 32.2. The van der Waals surface area contributed by atoms with Gasteiger partial charge in [0.1, 0.15) is 12.4 Å². The van der Waals surface area contributed by atoms with Gasteiger partial charge in [0.25, 0.3) is 0 Å². The summed E-state index contributed by atoms with van der Waals surface area (Å²) in [5, 5.41) is 2.96. The average molecular weight is 557 g/mol. The van der Waals surface area contributed by atoms with E-state index >= 15 is 0 Å². The summed E-state index contributed by atoms with van der Waals surface area (Å²) in [4.78, 5) is 22.8. The molecule has 3 aromatic rings. The zero-order chi connectivity index (χ0) is 28.2. The number of ether oxygens (including phenoxy) is 2. The van der Waals surface area contributed by atoms with Crippen LogP contribution in [0, 0.1) is 12.7 Å². The largest absolute Gasteiger partial charge is 0.474 e. The molecule has 0 saturated carbocycles. The summed E-state index contributed by atoms with van der Waals surface area (Å²) in [5.41, 5.74) is 2.50. The monoisotopic (exact) mass is 556 g/mol. The predicted molar refractivity (Wildman–Crippen MR) is 146 cm³/mol. The molecule has 0 atom stereocenters. The molecule has 1 aliphatic heterocycles. The van der Waals surface area contributed by atoms with Gasteiger partial charge in [-0.2, -0.15) is 0 Å². The topological polar surface area (TPSA) is 111 Å². The van der Waals surface area contributed by atoms with E-state index in [9.17, 15) is 17.6 Å². The van der Waals surface area contributed by atoms with E-state index in [1.807, 2.05) is 24.3 Å².